The van der Waals surface area contributed by atoms with Gasteiger partial charge in [0.15, 0.2) is 0 Å². The van der Waals surface area contributed by atoms with E-state index in [-0.39, 0.29) is 6.04 Å². The predicted octanol–water partition coefficient (Wildman–Crippen LogP) is 5.71. The summed E-state index contributed by atoms with van der Waals surface area (Å²) in [4.78, 5) is 0.974. The molecule has 21 heavy (non-hydrogen) atoms. The molecular weight excluding hydrogens is 321 g/mol. The van der Waals surface area contributed by atoms with Gasteiger partial charge >= 0.3 is 0 Å². The largest absolute Gasteiger partial charge is 0.323 e. The van der Waals surface area contributed by atoms with Gasteiger partial charge < -0.3 is 5.73 Å². The molecule has 0 saturated heterocycles. The van der Waals surface area contributed by atoms with E-state index >= 15 is 0 Å². The Morgan fingerprint density at radius 2 is 1.67 bits per heavy atom. The number of nitrogens with two attached hydrogens (primary N) is 1. The molecule has 2 N–H and O–H groups in total. The number of hydrogen-bond acceptors (Lipinski definition) is 2. The Morgan fingerprint density at radius 1 is 1.05 bits per heavy atom. The van der Waals surface area contributed by atoms with Gasteiger partial charge in [-0.1, -0.05) is 40.9 Å². The fraction of sp³-hybridized carbons (Fsp3) is 0.294. The van der Waals surface area contributed by atoms with Gasteiger partial charge in [0, 0.05) is 21.7 Å². The highest BCUT2D eigenvalue weighted by molar-refractivity contribution is 7.99. The SMILES string of the molecule is Cc1cc(C)c(C(N)CSc2cc(Cl)ccc2Cl)c(C)c1. The maximum absolute atomic E-state index is 6.39. The zero-order valence-electron chi connectivity index (χ0n) is 12.4. The maximum atomic E-state index is 6.39. The number of aryl methyl sites for hydroxylation is 3. The van der Waals surface area contributed by atoms with Crippen LogP contribution < -0.4 is 5.73 Å². The molecule has 0 aliphatic rings. The lowest BCUT2D eigenvalue weighted by Crippen LogP contribution is -2.16. The average Bonchev–Trinajstić information content (AvgIpc) is 2.38. The first-order chi connectivity index (χ1) is 9.88. The molecule has 2 aromatic carbocycles. The molecule has 0 aliphatic heterocycles. The standard InChI is InChI=1S/C17H19Cl2NS/c1-10-6-11(2)17(12(3)7-10)15(20)9-21-16-8-13(18)4-5-14(16)19/h4-8,15H,9,20H2,1-3H3. The molecule has 0 heterocycles. The van der Waals surface area contributed by atoms with Crippen molar-refractivity contribution >= 4 is 35.0 Å². The zero-order chi connectivity index (χ0) is 15.6. The first kappa shape index (κ1) is 16.7. The average molecular weight is 340 g/mol. The fourth-order valence-electron chi connectivity index (χ4n) is 2.63. The van der Waals surface area contributed by atoms with Crippen LogP contribution in [0.2, 0.25) is 10.0 Å². The fourth-order valence-corrected chi connectivity index (χ4v) is 4.09. The molecule has 4 heteroatoms. The molecule has 0 bridgehead atoms. The predicted molar refractivity (Wildman–Crippen MR) is 94.8 cm³/mol. The Morgan fingerprint density at radius 3 is 2.29 bits per heavy atom. The van der Waals surface area contributed by atoms with E-state index in [0.29, 0.717) is 10.0 Å². The Bertz CT molecular complexity index is 632. The highest BCUT2D eigenvalue weighted by atomic mass is 35.5. The summed E-state index contributed by atoms with van der Waals surface area (Å²) in [5.74, 6) is 0.769. The van der Waals surface area contributed by atoms with Crippen molar-refractivity contribution in [3.05, 3.63) is 62.6 Å². The van der Waals surface area contributed by atoms with Crippen molar-refractivity contribution < 1.29 is 0 Å². The van der Waals surface area contributed by atoms with Crippen molar-refractivity contribution in [2.45, 2.75) is 31.7 Å². The van der Waals surface area contributed by atoms with Gasteiger partial charge in [0.25, 0.3) is 0 Å². The van der Waals surface area contributed by atoms with Crippen LogP contribution in [0.5, 0.6) is 0 Å². The molecule has 0 amide bonds. The second kappa shape index (κ2) is 7.06. The highest BCUT2D eigenvalue weighted by Gasteiger charge is 2.14. The molecule has 2 aromatic rings. The highest BCUT2D eigenvalue weighted by Crippen LogP contribution is 2.33. The molecule has 0 fully saturated rings. The lowest BCUT2D eigenvalue weighted by Gasteiger charge is -2.18. The normalized spacial score (nSPS) is 12.5. The van der Waals surface area contributed by atoms with E-state index in [9.17, 15) is 0 Å². The van der Waals surface area contributed by atoms with E-state index in [2.05, 4.69) is 32.9 Å². The van der Waals surface area contributed by atoms with E-state index in [1.165, 1.54) is 22.3 Å². The second-order valence-electron chi connectivity index (χ2n) is 5.30. The third-order valence-electron chi connectivity index (χ3n) is 3.42. The maximum Gasteiger partial charge on any atom is 0.0542 e. The Labute approximate surface area is 140 Å². The molecule has 0 spiro atoms. The van der Waals surface area contributed by atoms with Crippen LogP contribution in [0.3, 0.4) is 0 Å². The molecule has 112 valence electrons. The van der Waals surface area contributed by atoms with Gasteiger partial charge in [0.2, 0.25) is 0 Å². The first-order valence-electron chi connectivity index (χ1n) is 6.79. The van der Waals surface area contributed by atoms with Gasteiger partial charge in [-0.15, -0.1) is 11.8 Å². The van der Waals surface area contributed by atoms with Crippen LogP contribution in [-0.4, -0.2) is 5.75 Å². The van der Waals surface area contributed by atoms with Gasteiger partial charge in [0.05, 0.1) is 5.02 Å². The summed E-state index contributed by atoms with van der Waals surface area (Å²) in [6, 6.07) is 9.84. The number of halogens is 2. The van der Waals surface area contributed by atoms with Crippen molar-refractivity contribution in [2.75, 3.05) is 5.75 Å². The van der Waals surface area contributed by atoms with Gasteiger partial charge in [-0.3, -0.25) is 0 Å². The summed E-state index contributed by atoms with van der Waals surface area (Å²) < 4.78 is 0. The summed E-state index contributed by atoms with van der Waals surface area (Å²) in [7, 11) is 0. The monoisotopic (exact) mass is 339 g/mol. The topological polar surface area (TPSA) is 26.0 Å². The number of rotatable bonds is 4. The zero-order valence-corrected chi connectivity index (χ0v) is 14.7. The van der Waals surface area contributed by atoms with Crippen LogP contribution in [0, 0.1) is 20.8 Å². The molecule has 1 atom stereocenters. The van der Waals surface area contributed by atoms with Gasteiger partial charge in [-0.25, -0.2) is 0 Å². The molecular formula is C17H19Cl2NS. The van der Waals surface area contributed by atoms with E-state index < -0.39 is 0 Å². The third-order valence-corrected chi connectivity index (χ3v) is 5.27. The molecule has 1 unspecified atom stereocenters. The quantitative estimate of drug-likeness (QED) is 0.721. The van der Waals surface area contributed by atoms with Crippen molar-refractivity contribution in [2.24, 2.45) is 5.73 Å². The van der Waals surface area contributed by atoms with Crippen molar-refractivity contribution in [3.63, 3.8) is 0 Å². The van der Waals surface area contributed by atoms with Crippen LogP contribution in [0.4, 0.5) is 0 Å². The third kappa shape index (κ3) is 4.17. The summed E-state index contributed by atoms with van der Waals surface area (Å²) in [5, 5.41) is 1.41. The summed E-state index contributed by atoms with van der Waals surface area (Å²) in [6.07, 6.45) is 0. The minimum absolute atomic E-state index is 0.0225. The van der Waals surface area contributed by atoms with Crippen molar-refractivity contribution in [1.29, 1.82) is 0 Å². The lowest BCUT2D eigenvalue weighted by atomic mass is 9.95. The summed E-state index contributed by atoms with van der Waals surface area (Å²) in [6.45, 7) is 6.34. The Balaban J connectivity index is 2.15. The van der Waals surface area contributed by atoms with E-state index in [0.717, 1.165) is 10.6 Å². The smallest absolute Gasteiger partial charge is 0.0542 e. The van der Waals surface area contributed by atoms with Gasteiger partial charge in [-0.05, 0) is 55.7 Å². The number of thioether (sulfide) groups is 1. The molecule has 0 saturated carbocycles. The molecule has 1 nitrogen and oxygen atoms in total. The van der Waals surface area contributed by atoms with E-state index in [4.69, 9.17) is 28.9 Å². The van der Waals surface area contributed by atoms with Gasteiger partial charge in [0.1, 0.15) is 0 Å². The van der Waals surface area contributed by atoms with Crippen LogP contribution in [-0.2, 0) is 0 Å². The van der Waals surface area contributed by atoms with Crippen molar-refractivity contribution in [3.8, 4) is 0 Å². The molecule has 2 rings (SSSR count). The van der Waals surface area contributed by atoms with Crippen LogP contribution in [0.1, 0.15) is 28.3 Å². The number of hydrogen-bond donors (Lipinski definition) is 1. The van der Waals surface area contributed by atoms with E-state index in [1.54, 1.807) is 17.8 Å². The lowest BCUT2D eigenvalue weighted by molar-refractivity contribution is 0.813. The minimum Gasteiger partial charge on any atom is -0.323 e. The van der Waals surface area contributed by atoms with Crippen LogP contribution in [0.25, 0.3) is 0 Å². The molecule has 0 aromatic heterocycles. The Kier molecular flexibility index (Phi) is 5.61. The van der Waals surface area contributed by atoms with Crippen LogP contribution >= 0.6 is 35.0 Å². The van der Waals surface area contributed by atoms with Crippen molar-refractivity contribution in [1.82, 2.24) is 0 Å². The number of benzene rings is 2. The molecule has 0 radical (unpaired) electrons. The Hall–Kier alpha value is -0.670. The minimum atomic E-state index is -0.0225. The van der Waals surface area contributed by atoms with Crippen LogP contribution in [0.15, 0.2) is 35.2 Å². The summed E-state index contributed by atoms with van der Waals surface area (Å²) >= 11 is 13.8. The van der Waals surface area contributed by atoms with E-state index in [1.807, 2.05) is 12.1 Å². The summed E-state index contributed by atoms with van der Waals surface area (Å²) in [5.41, 5.74) is 11.4. The first-order valence-corrected chi connectivity index (χ1v) is 8.54. The van der Waals surface area contributed by atoms with Gasteiger partial charge in [-0.2, -0.15) is 0 Å². The second-order valence-corrected chi connectivity index (χ2v) is 7.21. The molecule has 0 aliphatic carbocycles.